The Bertz CT molecular complexity index is 941. The van der Waals surface area contributed by atoms with Crippen molar-refractivity contribution in [3.05, 3.63) is 57.9 Å². The minimum atomic E-state index is -0.250. The number of ether oxygens (including phenoxy) is 2. The lowest BCUT2D eigenvalue weighted by molar-refractivity contribution is -0.118. The standard InChI is InChI=1S/C21H21BrN2O3S/c1-3-4-14-5-10-19(17(22)11-14)27-12-20(25)24-21-23-18(13-28-21)15-6-8-16(26-2)9-7-15/h5-11,13H,3-4,12H2,1-2H3,(H,23,24,25). The molecule has 146 valence electrons. The van der Waals surface area contributed by atoms with Crippen molar-refractivity contribution >= 4 is 38.3 Å². The number of hydrogen-bond donors (Lipinski definition) is 1. The van der Waals surface area contributed by atoms with E-state index in [1.54, 1.807) is 7.11 Å². The van der Waals surface area contributed by atoms with Gasteiger partial charge in [0.15, 0.2) is 11.7 Å². The number of benzene rings is 2. The Labute approximate surface area is 176 Å². The maximum Gasteiger partial charge on any atom is 0.264 e. The molecule has 0 saturated heterocycles. The van der Waals surface area contributed by atoms with Crippen LogP contribution < -0.4 is 14.8 Å². The highest BCUT2D eigenvalue weighted by Gasteiger charge is 2.10. The molecule has 0 radical (unpaired) electrons. The molecule has 3 rings (SSSR count). The summed E-state index contributed by atoms with van der Waals surface area (Å²) < 4.78 is 11.6. The number of amides is 1. The molecule has 0 saturated carbocycles. The summed E-state index contributed by atoms with van der Waals surface area (Å²) >= 11 is 4.87. The Kier molecular flexibility index (Phi) is 7.06. The summed E-state index contributed by atoms with van der Waals surface area (Å²) in [4.78, 5) is 16.7. The Morgan fingerprint density at radius 1 is 1.21 bits per heavy atom. The second-order valence-electron chi connectivity index (χ2n) is 6.12. The zero-order chi connectivity index (χ0) is 19.9. The zero-order valence-electron chi connectivity index (χ0n) is 15.7. The van der Waals surface area contributed by atoms with Gasteiger partial charge < -0.3 is 9.47 Å². The van der Waals surface area contributed by atoms with Crippen molar-refractivity contribution < 1.29 is 14.3 Å². The highest BCUT2D eigenvalue weighted by Crippen LogP contribution is 2.28. The fourth-order valence-electron chi connectivity index (χ4n) is 2.63. The second kappa shape index (κ2) is 9.71. The maximum absolute atomic E-state index is 12.2. The first-order valence-electron chi connectivity index (χ1n) is 8.90. The predicted octanol–water partition coefficient (Wildman–Crippen LogP) is 5.55. The molecule has 2 aromatic carbocycles. The van der Waals surface area contributed by atoms with Crippen LogP contribution in [0.3, 0.4) is 0 Å². The fourth-order valence-corrected chi connectivity index (χ4v) is 3.91. The number of halogens is 1. The van der Waals surface area contributed by atoms with E-state index in [2.05, 4.69) is 33.2 Å². The van der Waals surface area contributed by atoms with Crippen molar-refractivity contribution in [2.24, 2.45) is 0 Å². The lowest BCUT2D eigenvalue weighted by Gasteiger charge is -2.09. The Balaban J connectivity index is 1.56. The Hall–Kier alpha value is -2.38. The average Bonchev–Trinajstić information content (AvgIpc) is 3.16. The molecule has 0 spiro atoms. The van der Waals surface area contributed by atoms with Crippen LogP contribution in [0.25, 0.3) is 11.3 Å². The van der Waals surface area contributed by atoms with Gasteiger partial charge in [0.2, 0.25) is 0 Å². The van der Waals surface area contributed by atoms with Crippen LogP contribution in [0.4, 0.5) is 5.13 Å². The monoisotopic (exact) mass is 460 g/mol. The molecule has 1 heterocycles. The van der Waals surface area contributed by atoms with E-state index < -0.39 is 0 Å². The lowest BCUT2D eigenvalue weighted by Crippen LogP contribution is -2.20. The van der Waals surface area contributed by atoms with Crippen molar-refractivity contribution in [1.29, 1.82) is 0 Å². The highest BCUT2D eigenvalue weighted by atomic mass is 79.9. The van der Waals surface area contributed by atoms with E-state index in [0.29, 0.717) is 10.9 Å². The van der Waals surface area contributed by atoms with Crippen molar-refractivity contribution in [2.75, 3.05) is 19.0 Å². The largest absolute Gasteiger partial charge is 0.497 e. The molecule has 0 unspecified atom stereocenters. The van der Waals surface area contributed by atoms with E-state index in [0.717, 1.165) is 34.3 Å². The molecule has 0 aliphatic rings. The van der Waals surface area contributed by atoms with Crippen LogP contribution in [0, 0.1) is 0 Å². The van der Waals surface area contributed by atoms with Crippen LogP contribution >= 0.6 is 27.3 Å². The van der Waals surface area contributed by atoms with Crippen LogP contribution in [0.2, 0.25) is 0 Å². The summed E-state index contributed by atoms with van der Waals surface area (Å²) in [5.41, 5.74) is 3.00. The fraction of sp³-hybridized carbons (Fsp3) is 0.238. The molecule has 0 aliphatic heterocycles. The second-order valence-corrected chi connectivity index (χ2v) is 7.83. The van der Waals surface area contributed by atoms with Gasteiger partial charge in [0.1, 0.15) is 11.5 Å². The minimum Gasteiger partial charge on any atom is -0.497 e. The molecule has 0 bridgehead atoms. The number of aryl methyl sites for hydroxylation is 1. The van der Waals surface area contributed by atoms with Gasteiger partial charge >= 0.3 is 0 Å². The van der Waals surface area contributed by atoms with Gasteiger partial charge in [-0.05, 0) is 64.3 Å². The van der Waals surface area contributed by atoms with Gasteiger partial charge in [-0.2, -0.15) is 0 Å². The Morgan fingerprint density at radius 3 is 2.68 bits per heavy atom. The molecule has 0 aliphatic carbocycles. The highest BCUT2D eigenvalue weighted by molar-refractivity contribution is 9.10. The van der Waals surface area contributed by atoms with Crippen LogP contribution in [0.5, 0.6) is 11.5 Å². The number of hydrogen-bond acceptors (Lipinski definition) is 5. The van der Waals surface area contributed by atoms with Crippen molar-refractivity contribution in [2.45, 2.75) is 19.8 Å². The summed E-state index contributed by atoms with van der Waals surface area (Å²) in [7, 11) is 1.63. The maximum atomic E-state index is 12.2. The van der Waals surface area contributed by atoms with Crippen molar-refractivity contribution in [1.82, 2.24) is 4.98 Å². The SMILES string of the molecule is CCCc1ccc(OCC(=O)Nc2nc(-c3ccc(OC)cc3)cs2)c(Br)c1. The number of rotatable bonds is 8. The topological polar surface area (TPSA) is 60.5 Å². The first kappa shape index (κ1) is 20.4. The number of nitrogens with zero attached hydrogens (tertiary/aromatic N) is 1. The van der Waals surface area contributed by atoms with E-state index in [1.165, 1.54) is 16.9 Å². The molecular formula is C21H21BrN2O3S. The normalized spacial score (nSPS) is 10.5. The third-order valence-electron chi connectivity index (χ3n) is 4.03. The van der Waals surface area contributed by atoms with Crippen molar-refractivity contribution in [3.8, 4) is 22.8 Å². The Morgan fingerprint density at radius 2 is 2.00 bits per heavy atom. The molecule has 3 aromatic rings. The number of carbonyl (C=O) groups is 1. The summed E-state index contributed by atoms with van der Waals surface area (Å²) in [5.74, 6) is 1.19. The van der Waals surface area contributed by atoms with Crippen LogP contribution in [-0.4, -0.2) is 24.6 Å². The van der Waals surface area contributed by atoms with Crippen molar-refractivity contribution in [3.63, 3.8) is 0 Å². The molecule has 5 nitrogen and oxygen atoms in total. The van der Waals surface area contributed by atoms with Gasteiger partial charge in [0.25, 0.3) is 5.91 Å². The molecule has 0 atom stereocenters. The van der Waals surface area contributed by atoms with Gasteiger partial charge in [0.05, 0.1) is 17.3 Å². The van der Waals surface area contributed by atoms with E-state index >= 15 is 0 Å². The van der Waals surface area contributed by atoms with Gasteiger partial charge in [-0.3, -0.25) is 10.1 Å². The zero-order valence-corrected chi connectivity index (χ0v) is 18.1. The summed E-state index contributed by atoms with van der Waals surface area (Å²) in [6.07, 6.45) is 2.10. The molecule has 7 heteroatoms. The number of anilines is 1. The third-order valence-corrected chi connectivity index (χ3v) is 5.41. The van der Waals surface area contributed by atoms with Gasteiger partial charge in [0, 0.05) is 10.9 Å². The number of methoxy groups -OCH3 is 1. The smallest absolute Gasteiger partial charge is 0.264 e. The third kappa shape index (κ3) is 5.33. The predicted molar refractivity (Wildman–Crippen MR) is 116 cm³/mol. The number of carbonyl (C=O) groups excluding carboxylic acids is 1. The number of aromatic nitrogens is 1. The average molecular weight is 461 g/mol. The van der Waals surface area contributed by atoms with E-state index in [4.69, 9.17) is 9.47 Å². The number of thiazole rings is 1. The van der Waals surface area contributed by atoms with Crippen LogP contribution in [0.1, 0.15) is 18.9 Å². The first-order valence-corrected chi connectivity index (χ1v) is 10.6. The van der Waals surface area contributed by atoms with Gasteiger partial charge in [-0.15, -0.1) is 11.3 Å². The van der Waals surface area contributed by atoms with Crippen LogP contribution in [-0.2, 0) is 11.2 Å². The van der Waals surface area contributed by atoms with E-state index in [1.807, 2.05) is 47.8 Å². The molecule has 1 amide bonds. The molecular weight excluding hydrogens is 440 g/mol. The lowest BCUT2D eigenvalue weighted by atomic mass is 10.1. The molecule has 1 N–H and O–H groups in total. The summed E-state index contributed by atoms with van der Waals surface area (Å²) in [5, 5.41) is 5.22. The molecule has 28 heavy (non-hydrogen) atoms. The summed E-state index contributed by atoms with van der Waals surface area (Å²) in [6, 6.07) is 13.6. The number of nitrogens with one attached hydrogen (secondary N) is 1. The van der Waals surface area contributed by atoms with E-state index in [9.17, 15) is 4.79 Å². The summed E-state index contributed by atoms with van der Waals surface area (Å²) in [6.45, 7) is 2.06. The van der Waals surface area contributed by atoms with Gasteiger partial charge in [-0.1, -0.05) is 19.4 Å². The van der Waals surface area contributed by atoms with E-state index in [-0.39, 0.29) is 12.5 Å². The molecule has 0 fully saturated rings. The van der Waals surface area contributed by atoms with Crippen LogP contribution in [0.15, 0.2) is 52.3 Å². The quantitative estimate of drug-likeness (QED) is 0.478. The van der Waals surface area contributed by atoms with Gasteiger partial charge in [-0.25, -0.2) is 4.98 Å². The first-order chi connectivity index (χ1) is 13.6. The minimum absolute atomic E-state index is 0.0802. The molecule has 1 aromatic heterocycles.